The zero-order valence-electron chi connectivity index (χ0n) is 13.6. The lowest BCUT2D eigenvalue weighted by Gasteiger charge is -2.05. The minimum Gasteiger partial charge on any atom is -0.462 e. The van der Waals surface area contributed by atoms with Gasteiger partial charge in [-0.1, -0.05) is 36.2 Å². The topological polar surface area (TPSA) is 55.4 Å². The Morgan fingerprint density at radius 3 is 2.48 bits per heavy atom. The highest BCUT2D eigenvalue weighted by atomic mass is 35.5. The first-order valence-electron chi connectivity index (χ1n) is 7.71. The van der Waals surface area contributed by atoms with Gasteiger partial charge in [-0.15, -0.1) is 0 Å². The molecular weight excluding hydrogens is 361 g/mol. The van der Waals surface area contributed by atoms with Gasteiger partial charge in [-0.3, -0.25) is 4.79 Å². The maximum Gasteiger partial charge on any atom is 0.338 e. The van der Waals surface area contributed by atoms with Crippen molar-refractivity contribution in [3.8, 4) is 0 Å². The first-order chi connectivity index (χ1) is 12.0. The molecule has 2 aromatic carbocycles. The van der Waals surface area contributed by atoms with Crippen LogP contribution in [0.3, 0.4) is 0 Å². The molecule has 0 heterocycles. The van der Waals surface area contributed by atoms with Crippen LogP contribution in [0.25, 0.3) is 6.08 Å². The SMILES string of the molecule is CCCOC(=O)c1ccc(NC(=O)/C=C\c2ccc(Cl)cc2Cl)cc1. The van der Waals surface area contributed by atoms with Gasteiger partial charge < -0.3 is 10.1 Å². The number of ether oxygens (including phenoxy) is 1. The lowest BCUT2D eigenvalue weighted by atomic mass is 10.2. The Balaban J connectivity index is 1.96. The van der Waals surface area contributed by atoms with Crippen LogP contribution in [0.1, 0.15) is 29.3 Å². The standard InChI is InChI=1S/C19H17Cl2NO3/c1-2-11-25-19(24)14-4-8-16(9-5-14)22-18(23)10-6-13-3-7-15(20)12-17(13)21/h3-10,12H,2,11H2,1H3,(H,22,23)/b10-6-. The predicted octanol–water partition coefficient (Wildman–Crippen LogP) is 5.21. The van der Waals surface area contributed by atoms with Gasteiger partial charge in [-0.2, -0.15) is 0 Å². The van der Waals surface area contributed by atoms with Crippen molar-refractivity contribution in [2.75, 3.05) is 11.9 Å². The Hall–Kier alpha value is -2.30. The molecule has 0 unspecified atom stereocenters. The van der Waals surface area contributed by atoms with Gasteiger partial charge in [-0.25, -0.2) is 4.79 Å². The van der Waals surface area contributed by atoms with Gasteiger partial charge in [0.05, 0.1) is 12.2 Å². The molecule has 0 aliphatic carbocycles. The molecule has 130 valence electrons. The van der Waals surface area contributed by atoms with E-state index in [1.54, 1.807) is 48.5 Å². The molecule has 4 nitrogen and oxygen atoms in total. The van der Waals surface area contributed by atoms with Gasteiger partial charge in [0.15, 0.2) is 0 Å². The third-order valence-electron chi connectivity index (χ3n) is 3.20. The summed E-state index contributed by atoms with van der Waals surface area (Å²) in [7, 11) is 0. The van der Waals surface area contributed by atoms with Crippen LogP contribution in [0.2, 0.25) is 10.0 Å². The first-order valence-corrected chi connectivity index (χ1v) is 8.46. The average molecular weight is 378 g/mol. The molecular formula is C19H17Cl2NO3. The van der Waals surface area contributed by atoms with Gasteiger partial charge in [-0.05, 0) is 54.5 Å². The Bertz CT molecular complexity index is 786. The van der Waals surface area contributed by atoms with Crippen molar-refractivity contribution in [2.45, 2.75) is 13.3 Å². The third-order valence-corrected chi connectivity index (χ3v) is 3.76. The molecule has 1 amide bonds. The first kappa shape index (κ1) is 19.0. The molecule has 0 fully saturated rings. The van der Waals surface area contributed by atoms with E-state index >= 15 is 0 Å². The third kappa shape index (κ3) is 5.93. The van der Waals surface area contributed by atoms with E-state index in [9.17, 15) is 9.59 Å². The number of esters is 1. The smallest absolute Gasteiger partial charge is 0.338 e. The van der Waals surface area contributed by atoms with E-state index in [4.69, 9.17) is 27.9 Å². The molecule has 25 heavy (non-hydrogen) atoms. The number of benzene rings is 2. The Morgan fingerprint density at radius 2 is 1.84 bits per heavy atom. The number of halogens is 2. The Kier molecular flexibility index (Phi) is 7.04. The van der Waals surface area contributed by atoms with Crippen LogP contribution in [0.4, 0.5) is 5.69 Å². The summed E-state index contributed by atoms with van der Waals surface area (Å²) in [5.74, 6) is -0.690. The van der Waals surface area contributed by atoms with Crippen molar-refractivity contribution < 1.29 is 14.3 Å². The summed E-state index contributed by atoms with van der Waals surface area (Å²) >= 11 is 11.9. The van der Waals surface area contributed by atoms with Gasteiger partial charge >= 0.3 is 5.97 Å². The van der Waals surface area contributed by atoms with Crippen LogP contribution >= 0.6 is 23.2 Å². The molecule has 0 atom stereocenters. The summed E-state index contributed by atoms with van der Waals surface area (Å²) in [6, 6.07) is 11.5. The lowest BCUT2D eigenvalue weighted by Crippen LogP contribution is -2.09. The van der Waals surface area contributed by atoms with Crippen LogP contribution < -0.4 is 5.32 Å². The Labute approximate surface area is 156 Å². The highest BCUT2D eigenvalue weighted by Gasteiger charge is 2.07. The van der Waals surface area contributed by atoms with Crippen molar-refractivity contribution in [2.24, 2.45) is 0 Å². The number of carbonyl (C=O) groups excluding carboxylic acids is 2. The molecule has 0 saturated carbocycles. The Morgan fingerprint density at radius 1 is 1.12 bits per heavy atom. The largest absolute Gasteiger partial charge is 0.462 e. The second-order valence-electron chi connectivity index (χ2n) is 5.20. The van der Waals surface area contributed by atoms with Crippen LogP contribution in [0.15, 0.2) is 48.5 Å². The molecule has 0 radical (unpaired) electrons. The maximum absolute atomic E-state index is 12.0. The second-order valence-corrected chi connectivity index (χ2v) is 6.05. The van der Waals surface area contributed by atoms with E-state index in [0.717, 1.165) is 6.42 Å². The van der Waals surface area contributed by atoms with Crippen molar-refractivity contribution in [1.29, 1.82) is 0 Å². The summed E-state index contributed by atoms with van der Waals surface area (Å²) < 4.78 is 5.05. The number of anilines is 1. The van der Waals surface area contributed by atoms with E-state index in [1.165, 1.54) is 6.08 Å². The molecule has 2 aromatic rings. The minimum absolute atomic E-state index is 0.313. The van der Waals surface area contributed by atoms with Crippen LogP contribution in [-0.4, -0.2) is 18.5 Å². The normalized spacial score (nSPS) is 10.7. The van der Waals surface area contributed by atoms with Crippen LogP contribution in [0, 0.1) is 0 Å². The van der Waals surface area contributed by atoms with Crippen LogP contribution in [-0.2, 0) is 9.53 Å². The molecule has 0 aliphatic heterocycles. The van der Waals surface area contributed by atoms with Crippen molar-refractivity contribution in [3.63, 3.8) is 0 Å². The zero-order valence-corrected chi connectivity index (χ0v) is 15.1. The minimum atomic E-state index is -0.378. The maximum atomic E-state index is 12.0. The van der Waals surface area contributed by atoms with Gasteiger partial charge in [0.2, 0.25) is 5.91 Å². The summed E-state index contributed by atoms with van der Waals surface area (Å²) in [5, 5.41) is 3.70. The van der Waals surface area contributed by atoms with Crippen molar-refractivity contribution >= 4 is 46.8 Å². The molecule has 0 spiro atoms. The summed E-state index contributed by atoms with van der Waals surface area (Å²) in [6.07, 6.45) is 3.74. The molecule has 0 bridgehead atoms. The second kappa shape index (κ2) is 9.25. The molecule has 0 aliphatic rings. The van der Waals surface area contributed by atoms with E-state index in [-0.39, 0.29) is 11.9 Å². The summed E-state index contributed by atoms with van der Waals surface area (Å²) in [5.41, 5.74) is 1.70. The fourth-order valence-electron chi connectivity index (χ4n) is 1.95. The molecule has 0 saturated heterocycles. The highest BCUT2D eigenvalue weighted by molar-refractivity contribution is 6.35. The number of carbonyl (C=O) groups is 2. The highest BCUT2D eigenvalue weighted by Crippen LogP contribution is 2.22. The fourth-order valence-corrected chi connectivity index (χ4v) is 2.43. The summed E-state index contributed by atoms with van der Waals surface area (Å²) in [4.78, 5) is 23.7. The average Bonchev–Trinajstić information content (AvgIpc) is 2.59. The number of amides is 1. The van der Waals surface area contributed by atoms with E-state index in [2.05, 4.69) is 5.32 Å². The van der Waals surface area contributed by atoms with E-state index in [1.807, 2.05) is 6.92 Å². The monoisotopic (exact) mass is 377 g/mol. The number of hydrogen-bond donors (Lipinski definition) is 1. The van der Waals surface area contributed by atoms with E-state index < -0.39 is 0 Å². The molecule has 2 rings (SSSR count). The number of rotatable bonds is 6. The lowest BCUT2D eigenvalue weighted by molar-refractivity contribution is -0.111. The van der Waals surface area contributed by atoms with Gasteiger partial charge in [0, 0.05) is 21.8 Å². The van der Waals surface area contributed by atoms with E-state index in [0.29, 0.717) is 33.5 Å². The number of hydrogen-bond acceptors (Lipinski definition) is 3. The number of nitrogens with one attached hydrogen (secondary N) is 1. The summed E-state index contributed by atoms with van der Waals surface area (Å²) in [6.45, 7) is 2.31. The van der Waals surface area contributed by atoms with Crippen LogP contribution in [0.5, 0.6) is 0 Å². The fraction of sp³-hybridized carbons (Fsp3) is 0.158. The molecule has 6 heteroatoms. The predicted molar refractivity (Wildman–Crippen MR) is 101 cm³/mol. The molecule has 1 N–H and O–H groups in total. The van der Waals surface area contributed by atoms with Gasteiger partial charge in [0.1, 0.15) is 0 Å². The molecule has 0 aromatic heterocycles. The zero-order chi connectivity index (χ0) is 18.2. The quantitative estimate of drug-likeness (QED) is 0.554. The van der Waals surface area contributed by atoms with Crippen molar-refractivity contribution in [3.05, 3.63) is 69.7 Å². The van der Waals surface area contributed by atoms with Gasteiger partial charge in [0.25, 0.3) is 0 Å². The van der Waals surface area contributed by atoms with Crippen molar-refractivity contribution in [1.82, 2.24) is 0 Å².